The van der Waals surface area contributed by atoms with Crippen LogP contribution < -0.4 is 0 Å². The monoisotopic (exact) mass is 949 g/mol. The maximum Gasteiger partial charge on any atom is 0.306 e. The van der Waals surface area contributed by atoms with Gasteiger partial charge < -0.3 is 14.2 Å². The van der Waals surface area contributed by atoms with E-state index < -0.39 is 0 Å². The molecule has 4 aliphatic rings. The first kappa shape index (κ1) is 56.7. The summed E-state index contributed by atoms with van der Waals surface area (Å²) in [6, 6.07) is 0. The summed E-state index contributed by atoms with van der Waals surface area (Å²) in [5.41, 5.74) is 2.22. The molecule has 0 saturated carbocycles. The Kier molecular flexibility index (Phi) is 27.6. The number of rotatable bonds is 12. The first-order valence-electron chi connectivity index (χ1n) is 26.9. The van der Waals surface area contributed by atoms with E-state index in [0.29, 0.717) is 96.3 Å². The molecule has 0 saturated heterocycles. The van der Waals surface area contributed by atoms with Crippen molar-refractivity contribution in [3.05, 3.63) is 108 Å². The highest BCUT2D eigenvalue weighted by atomic mass is 16.6. The molecule has 0 spiro atoms. The van der Waals surface area contributed by atoms with Gasteiger partial charge in [-0.05, 0) is 115 Å². The van der Waals surface area contributed by atoms with E-state index in [4.69, 9.17) is 14.2 Å². The topological polar surface area (TPSA) is 130 Å². The van der Waals surface area contributed by atoms with Crippen molar-refractivity contribution in [3.63, 3.8) is 0 Å². The molecule has 0 unspecified atom stereocenters. The van der Waals surface area contributed by atoms with Crippen LogP contribution in [0.25, 0.3) is 0 Å². The molecule has 69 heavy (non-hydrogen) atoms. The number of ether oxygens (including phenoxy) is 3. The number of cyclic esters (lactones) is 3. The number of hydrogen-bond donors (Lipinski definition) is 0. The maximum absolute atomic E-state index is 13.1. The smallest absolute Gasteiger partial charge is 0.306 e. The average molecular weight is 949 g/mol. The fraction of sp³-hybridized carbons (Fsp3) is 0.600. The zero-order valence-corrected chi connectivity index (χ0v) is 42.4. The lowest BCUT2D eigenvalue weighted by molar-refractivity contribution is -0.150. The lowest BCUT2D eigenvalue weighted by Gasteiger charge is -2.18. The van der Waals surface area contributed by atoms with Gasteiger partial charge in [0, 0.05) is 73.0 Å². The molecule has 0 bridgehead atoms. The number of carbonyl (C=O) groups is 6. The SMILES string of the molecule is CCCCC[C@H]1CC=C2C(=O)C=C[C@@H]2CC=CCCCC(=O)O[C@@H](CCCCC)CC=C2C(=O)C=C[C@@H]2CC=CCCCC(=O)O[C@@H](CCCCC)CC=C2C(=O)C=C[C@@H]2CC=CCCCC(=O)O1. The Balaban J connectivity index is 1.45. The summed E-state index contributed by atoms with van der Waals surface area (Å²) in [6.07, 6.45) is 48.1. The van der Waals surface area contributed by atoms with Crippen molar-refractivity contribution < 1.29 is 43.0 Å². The second kappa shape index (κ2) is 33.6. The summed E-state index contributed by atoms with van der Waals surface area (Å²) in [5, 5.41) is 0. The minimum absolute atomic E-state index is 0.000706. The molecular weight excluding hydrogens is 865 g/mol. The van der Waals surface area contributed by atoms with E-state index in [2.05, 4.69) is 57.2 Å². The Morgan fingerprint density at radius 3 is 0.957 bits per heavy atom. The normalized spacial score (nSPS) is 25.9. The Bertz CT molecular complexity index is 1720. The number of unbranched alkanes of at least 4 members (excludes halogenated alkanes) is 6. The molecular formula is C60H84O9. The van der Waals surface area contributed by atoms with Gasteiger partial charge in [-0.3, -0.25) is 28.8 Å². The van der Waals surface area contributed by atoms with Crippen LogP contribution in [0.2, 0.25) is 0 Å². The lowest BCUT2D eigenvalue weighted by Crippen LogP contribution is -2.18. The highest BCUT2D eigenvalue weighted by molar-refractivity contribution is 6.08. The van der Waals surface area contributed by atoms with Crippen molar-refractivity contribution in [1.29, 1.82) is 0 Å². The van der Waals surface area contributed by atoms with Crippen LogP contribution in [-0.2, 0) is 43.0 Å². The number of ketones is 3. The molecule has 0 aromatic carbocycles. The molecule has 0 amide bonds. The number of hydrogen-bond acceptors (Lipinski definition) is 9. The lowest BCUT2D eigenvalue weighted by atomic mass is 9.95. The van der Waals surface area contributed by atoms with E-state index in [-0.39, 0.29) is 71.3 Å². The fourth-order valence-electron chi connectivity index (χ4n) is 9.36. The van der Waals surface area contributed by atoms with Crippen molar-refractivity contribution in [2.75, 3.05) is 0 Å². The van der Waals surface area contributed by atoms with Crippen molar-refractivity contribution in [3.8, 4) is 0 Å². The first-order chi connectivity index (χ1) is 33.6. The maximum atomic E-state index is 13.1. The van der Waals surface area contributed by atoms with Crippen molar-refractivity contribution in [2.24, 2.45) is 17.8 Å². The van der Waals surface area contributed by atoms with Gasteiger partial charge in [-0.25, -0.2) is 0 Å². The van der Waals surface area contributed by atoms with Crippen LogP contribution in [0.3, 0.4) is 0 Å². The van der Waals surface area contributed by atoms with Crippen molar-refractivity contribution in [2.45, 2.75) is 212 Å². The zero-order valence-electron chi connectivity index (χ0n) is 42.4. The van der Waals surface area contributed by atoms with Crippen LogP contribution in [-0.4, -0.2) is 53.6 Å². The second-order valence-corrected chi connectivity index (χ2v) is 19.3. The Morgan fingerprint density at radius 1 is 0.391 bits per heavy atom. The van der Waals surface area contributed by atoms with Crippen molar-refractivity contribution >= 4 is 35.3 Å². The van der Waals surface area contributed by atoms with Crippen LogP contribution >= 0.6 is 0 Å². The van der Waals surface area contributed by atoms with Crippen molar-refractivity contribution in [1.82, 2.24) is 0 Å². The van der Waals surface area contributed by atoms with Gasteiger partial charge in [0.15, 0.2) is 17.3 Å². The molecule has 9 heteroatoms. The summed E-state index contributed by atoms with van der Waals surface area (Å²) in [6.45, 7) is 6.44. The highest BCUT2D eigenvalue weighted by Gasteiger charge is 2.26. The zero-order chi connectivity index (χ0) is 49.5. The van der Waals surface area contributed by atoms with E-state index in [0.717, 1.165) is 93.8 Å². The van der Waals surface area contributed by atoms with Crippen LogP contribution in [0.5, 0.6) is 0 Å². The second-order valence-electron chi connectivity index (χ2n) is 19.3. The Labute approximate surface area is 414 Å². The van der Waals surface area contributed by atoms with Gasteiger partial charge in [0.25, 0.3) is 0 Å². The van der Waals surface area contributed by atoms with Gasteiger partial charge in [-0.15, -0.1) is 0 Å². The van der Waals surface area contributed by atoms with Crippen LogP contribution in [0, 0.1) is 17.8 Å². The minimum Gasteiger partial charge on any atom is -0.462 e. The van der Waals surface area contributed by atoms with Gasteiger partial charge in [-0.2, -0.15) is 0 Å². The summed E-state index contributed by atoms with van der Waals surface area (Å²) >= 11 is 0. The summed E-state index contributed by atoms with van der Waals surface area (Å²) in [4.78, 5) is 78.0. The summed E-state index contributed by atoms with van der Waals surface area (Å²) < 4.78 is 18.0. The third-order valence-electron chi connectivity index (χ3n) is 13.5. The van der Waals surface area contributed by atoms with E-state index >= 15 is 0 Å². The minimum atomic E-state index is -0.294. The summed E-state index contributed by atoms with van der Waals surface area (Å²) in [5.74, 6) is -0.812. The van der Waals surface area contributed by atoms with Gasteiger partial charge >= 0.3 is 17.9 Å². The average Bonchev–Trinajstić information content (AvgIpc) is 4.00. The van der Waals surface area contributed by atoms with E-state index in [9.17, 15) is 28.8 Å². The van der Waals surface area contributed by atoms with Crippen LogP contribution in [0.1, 0.15) is 194 Å². The Hall–Kier alpha value is -4.92. The molecule has 0 N–H and O–H groups in total. The molecule has 0 aromatic rings. The third kappa shape index (κ3) is 22.1. The molecule has 4 rings (SSSR count). The van der Waals surface area contributed by atoms with Gasteiger partial charge in [0.1, 0.15) is 18.3 Å². The van der Waals surface area contributed by atoms with E-state index in [1.807, 2.05) is 36.5 Å². The molecule has 1 heterocycles. The predicted molar refractivity (Wildman–Crippen MR) is 276 cm³/mol. The molecule has 378 valence electrons. The molecule has 3 aliphatic carbocycles. The van der Waals surface area contributed by atoms with E-state index in [1.54, 1.807) is 18.2 Å². The fourth-order valence-corrected chi connectivity index (χ4v) is 9.36. The largest absolute Gasteiger partial charge is 0.462 e. The number of fused-ring (bicyclic) bond motifs is 3. The third-order valence-corrected chi connectivity index (χ3v) is 13.5. The van der Waals surface area contributed by atoms with Gasteiger partial charge in [-0.1, -0.05) is 132 Å². The number of carbonyl (C=O) groups excluding carboxylic acids is 6. The molecule has 1 aliphatic heterocycles. The molecule has 6 atom stereocenters. The van der Waals surface area contributed by atoms with E-state index in [1.165, 1.54) is 0 Å². The highest BCUT2D eigenvalue weighted by Crippen LogP contribution is 2.30. The van der Waals surface area contributed by atoms with Gasteiger partial charge in [0.2, 0.25) is 0 Å². The van der Waals surface area contributed by atoms with Crippen LogP contribution in [0.4, 0.5) is 0 Å². The molecule has 0 fully saturated rings. The summed E-state index contributed by atoms with van der Waals surface area (Å²) in [7, 11) is 0. The predicted octanol–water partition coefficient (Wildman–Crippen LogP) is 14.0. The Morgan fingerprint density at radius 2 is 0.681 bits per heavy atom. The van der Waals surface area contributed by atoms with Gasteiger partial charge in [0.05, 0.1) is 0 Å². The number of esters is 3. The van der Waals surface area contributed by atoms with Crippen LogP contribution in [0.15, 0.2) is 108 Å². The quantitative estimate of drug-likeness (QED) is 0.0812. The number of allylic oxidation sites excluding steroid dienone is 15. The first-order valence-corrected chi connectivity index (χ1v) is 26.9. The molecule has 9 nitrogen and oxygen atoms in total. The standard InChI is InChI=1S/C60H84O9/c1-4-7-16-28-49-37-40-52-46(34-43-55(52)61)25-19-11-14-23-32-59(65)68-51(30-18-9-6-3)39-42-54-48(36-45-57(54)63)27-21-12-15-24-33-60(66)69-50(29-17-8-5-2)38-41-53-47(35-44-56(53)62)26-20-10-13-22-31-58(64)67-49/h10-12,19-21,34-36,40-51H,4-9,13-18,22-33,37-39H2,1-3H3/t46-,47-,48-,49-,50-,51-/m0/s1. The molecule has 0 aromatic heterocycles. The molecule has 0 radical (unpaired) electrons.